The largest absolute Gasteiger partial charge is 0.324 e. The van der Waals surface area contributed by atoms with Crippen molar-refractivity contribution in [1.82, 2.24) is 9.80 Å². The summed E-state index contributed by atoms with van der Waals surface area (Å²) >= 11 is 0. The van der Waals surface area contributed by atoms with E-state index < -0.39 is 0 Å². The predicted molar refractivity (Wildman–Crippen MR) is 73.1 cm³/mol. The molecule has 2 unspecified atom stereocenters. The molecule has 0 aromatic rings. The molecule has 0 spiro atoms. The minimum atomic E-state index is 0.0299. The second-order valence-corrected chi connectivity index (χ2v) is 6.14. The van der Waals surface area contributed by atoms with Crippen LogP contribution in [0.4, 0.5) is 0 Å². The van der Waals surface area contributed by atoms with Crippen molar-refractivity contribution in [2.75, 3.05) is 26.7 Å². The fraction of sp³-hybridized carbons (Fsp3) is 1.00. The zero-order valence-electron chi connectivity index (χ0n) is 11.8. The van der Waals surface area contributed by atoms with Gasteiger partial charge in [-0.25, -0.2) is 0 Å². The third kappa shape index (κ3) is 2.83. The average molecular weight is 239 g/mol. The molecule has 0 aromatic heterocycles. The van der Waals surface area contributed by atoms with Crippen LogP contribution in [-0.2, 0) is 0 Å². The Morgan fingerprint density at radius 1 is 1.12 bits per heavy atom. The summed E-state index contributed by atoms with van der Waals surface area (Å²) in [6.45, 7) is 7.99. The maximum absolute atomic E-state index is 6.46. The quantitative estimate of drug-likeness (QED) is 0.810. The van der Waals surface area contributed by atoms with E-state index in [1.54, 1.807) is 0 Å². The second-order valence-electron chi connectivity index (χ2n) is 6.14. The molecule has 3 nitrogen and oxygen atoms in total. The summed E-state index contributed by atoms with van der Waals surface area (Å²) < 4.78 is 0. The molecule has 2 rings (SSSR count). The Bertz CT molecular complexity index is 250. The van der Waals surface area contributed by atoms with E-state index in [0.717, 1.165) is 31.5 Å². The molecule has 0 amide bonds. The number of likely N-dealkylation sites (N-methyl/N-ethyl adjacent to an activating group) is 1. The second kappa shape index (κ2) is 5.25. The molecule has 2 fully saturated rings. The standard InChI is InChI=1S/C14H29N3/c1-4-14(15,5-2)11-17-9-8-12-6-7-13(10-17)16(12)3/h12-13H,4-11,15H2,1-3H3. The Morgan fingerprint density at radius 3 is 2.41 bits per heavy atom. The highest BCUT2D eigenvalue weighted by molar-refractivity contribution is 4.94. The SMILES string of the molecule is CCC(N)(CC)CN1CCC2CCC(C1)N2C. The predicted octanol–water partition coefficient (Wildman–Crippen LogP) is 1.67. The molecule has 2 aliphatic heterocycles. The number of nitrogens with two attached hydrogens (primary N) is 1. The van der Waals surface area contributed by atoms with E-state index in [1.165, 1.54) is 32.4 Å². The van der Waals surface area contributed by atoms with E-state index >= 15 is 0 Å². The van der Waals surface area contributed by atoms with Gasteiger partial charge in [0.05, 0.1) is 0 Å². The van der Waals surface area contributed by atoms with E-state index in [9.17, 15) is 0 Å². The van der Waals surface area contributed by atoms with Crippen LogP contribution in [0.3, 0.4) is 0 Å². The molecule has 0 saturated carbocycles. The maximum atomic E-state index is 6.46. The summed E-state index contributed by atoms with van der Waals surface area (Å²) in [4.78, 5) is 5.23. The molecule has 100 valence electrons. The lowest BCUT2D eigenvalue weighted by molar-refractivity contribution is 0.177. The molecule has 2 atom stereocenters. The van der Waals surface area contributed by atoms with E-state index in [4.69, 9.17) is 5.73 Å². The summed E-state index contributed by atoms with van der Waals surface area (Å²) in [5.41, 5.74) is 6.49. The fourth-order valence-corrected chi connectivity index (χ4v) is 3.44. The zero-order chi connectivity index (χ0) is 12.5. The Balaban J connectivity index is 1.95. The van der Waals surface area contributed by atoms with Gasteiger partial charge in [-0.15, -0.1) is 0 Å². The van der Waals surface area contributed by atoms with Gasteiger partial charge in [-0.2, -0.15) is 0 Å². The minimum absolute atomic E-state index is 0.0299. The van der Waals surface area contributed by atoms with Crippen LogP contribution in [0, 0.1) is 0 Å². The summed E-state index contributed by atoms with van der Waals surface area (Å²) in [7, 11) is 2.31. The lowest BCUT2D eigenvalue weighted by Gasteiger charge is -2.35. The molecule has 0 radical (unpaired) electrons. The zero-order valence-corrected chi connectivity index (χ0v) is 11.8. The molecular weight excluding hydrogens is 210 g/mol. The van der Waals surface area contributed by atoms with Crippen LogP contribution in [0.1, 0.15) is 46.0 Å². The molecule has 3 heteroatoms. The minimum Gasteiger partial charge on any atom is -0.324 e. The van der Waals surface area contributed by atoms with Gasteiger partial charge in [0, 0.05) is 30.7 Å². The fourth-order valence-electron chi connectivity index (χ4n) is 3.44. The molecule has 0 aliphatic carbocycles. The lowest BCUT2D eigenvalue weighted by atomic mass is 9.93. The van der Waals surface area contributed by atoms with Gasteiger partial charge in [0.1, 0.15) is 0 Å². The van der Waals surface area contributed by atoms with Gasteiger partial charge < -0.3 is 5.73 Å². The highest BCUT2D eigenvalue weighted by Gasteiger charge is 2.36. The number of fused-ring (bicyclic) bond motifs is 2. The highest BCUT2D eigenvalue weighted by atomic mass is 15.3. The van der Waals surface area contributed by atoms with Crippen molar-refractivity contribution >= 4 is 0 Å². The van der Waals surface area contributed by atoms with Gasteiger partial charge >= 0.3 is 0 Å². The first-order chi connectivity index (χ1) is 8.08. The normalized spacial score (nSPS) is 31.8. The summed E-state index contributed by atoms with van der Waals surface area (Å²) in [5.74, 6) is 0. The molecule has 2 N–H and O–H groups in total. The van der Waals surface area contributed by atoms with Crippen molar-refractivity contribution in [3.63, 3.8) is 0 Å². The van der Waals surface area contributed by atoms with Crippen molar-refractivity contribution in [3.8, 4) is 0 Å². The maximum Gasteiger partial charge on any atom is 0.0278 e. The van der Waals surface area contributed by atoms with Crippen LogP contribution in [0.5, 0.6) is 0 Å². The third-order valence-corrected chi connectivity index (χ3v) is 5.18. The van der Waals surface area contributed by atoms with Gasteiger partial charge in [0.15, 0.2) is 0 Å². The number of nitrogens with zero attached hydrogens (tertiary/aromatic N) is 2. The van der Waals surface area contributed by atoms with E-state index in [0.29, 0.717) is 0 Å². The van der Waals surface area contributed by atoms with E-state index in [-0.39, 0.29) is 5.54 Å². The number of rotatable bonds is 4. The van der Waals surface area contributed by atoms with Gasteiger partial charge in [-0.05, 0) is 45.7 Å². The Hall–Kier alpha value is -0.120. The van der Waals surface area contributed by atoms with Crippen molar-refractivity contribution in [2.24, 2.45) is 5.73 Å². The summed E-state index contributed by atoms with van der Waals surface area (Å²) in [6.07, 6.45) is 6.29. The molecular formula is C14H29N3. The first-order valence-electron chi connectivity index (χ1n) is 7.31. The first kappa shape index (κ1) is 13.3. The van der Waals surface area contributed by atoms with Crippen LogP contribution < -0.4 is 5.73 Å². The van der Waals surface area contributed by atoms with Crippen LogP contribution in [0.25, 0.3) is 0 Å². The lowest BCUT2D eigenvalue weighted by Crippen LogP contribution is -2.51. The molecule has 2 heterocycles. The van der Waals surface area contributed by atoms with Crippen molar-refractivity contribution in [2.45, 2.75) is 63.6 Å². The van der Waals surface area contributed by atoms with Gasteiger partial charge in [0.2, 0.25) is 0 Å². The third-order valence-electron chi connectivity index (χ3n) is 5.18. The topological polar surface area (TPSA) is 32.5 Å². The average Bonchev–Trinajstić information content (AvgIpc) is 2.57. The molecule has 2 bridgehead atoms. The van der Waals surface area contributed by atoms with Gasteiger partial charge in [0.25, 0.3) is 0 Å². The smallest absolute Gasteiger partial charge is 0.0278 e. The van der Waals surface area contributed by atoms with E-state index in [1.807, 2.05) is 0 Å². The van der Waals surface area contributed by atoms with Crippen LogP contribution in [0.2, 0.25) is 0 Å². The van der Waals surface area contributed by atoms with Crippen molar-refractivity contribution in [1.29, 1.82) is 0 Å². The van der Waals surface area contributed by atoms with E-state index in [2.05, 4.69) is 30.7 Å². The number of hydrogen-bond acceptors (Lipinski definition) is 3. The van der Waals surface area contributed by atoms with Gasteiger partial charge in [-0.3, -0.25) is 9.80 Å². The first-order valence-corrected chi connectivity index (χ1v) is 7.31. The van der Waals surface area contributed by atoms with Crippen LogP contribution >= 0.6 is 0 Å². The monoisotopic (exact) mass is 239 g/mol. The van der Waals surface area contributed by atoms with Crippen LogP contribution in [-0.4, -0.2) is 54.1 Å². The summed E-state index contributed by atoms with van der Waals surface area (Å²) in [6, 6.07) is 1.61. The number of likely N-dealkylation sites (tertiary alicyclic amines) is 1. The Kier molecular flexibility index (Phi) is 4.11. The summed E-state index contributed by atoms with van der Waals surface area (Å²) in [5, 5.41) is 0. The van der Waals surface area contributed by atoms with Crippen molar-refractivity contribution < 1.29 is 0 Å². The van der Waals surface area contributed by atoms with Crippen molar-refractivity contribution in [3.05, 3.63) is 0 Å². The highest BCUT2D eigenvalue weighted by Crippen LogP contribution is 2.29. The Labute approximate surface area is 106 Å². The molecule has 17 heavy (non-hydrogen) atoms. The van der Waals surface area contributed by atoms with Crippen LogP contribution in [0.15, 0.2) is 0 Å². The Morgan fingerprint density at radius 2 is 1.76 bits per heavy atom. The molecule has 2 saturated heterocycles. The molecule has 0 aromatic carbocycles. The number of hydrogen-bond donors (Lipinski definition) is 1. The van der Waals surface area contributed by atoms with Gasteiger partial charge in [-0.1, -0.05) is 13.8 Å². The molecule has 2 aliphatic rings.